The van der Waals surface area contributed by atoms with Crippen molar-refractivity contribution in [2.45, 2.75) is 0 Å². The van der Waals surface area contributed by atoms with Gasteiger partial charge in [0.1, 0.15) is 5.82 Å². The van der Waals surface area contributed by atoms with Crippen LogP contribution in [0, 0.1) is 0 Å². The highest BCUT2D eigenvalue weighted by atomic mass is 14.9. The van der Waals surface area contributed by atoms with E-state index in [0.29, 0.717) is 0 Å². The number of aromatic amines is 1. The Morgan fingerprint density at radius 1 is 1.23 bits per heavy atom. The van der Waals surface area contributed by atoms with Gasteiger partial charge in [0.25, 0.3) is 0 Å². The Bertz CT molecular complexity index is 466. The molecule has 0 aliphatic rings. The summed E-state index contributed by atoms with van der Waals surface area (Å²) in [4.78, 5) is 7.50. The Kier molecular flexibility index (Phi) is 1.74. The number of nitrogens with one attached hydrogen (secondary N) is 1. The van der Waals surface area contributed by atoms with E-state index in [1.807, 2.05) is 18.2 Å². The van der Waals surface area contributed by atoms with Crippen LogP contribution < -0.4 is 0 Å². The number of nitrogens with zero attached hydrogens (tertiary/aromatic N) is 1. The monoisotopic (exact) mass is 170 g/mol. The van der Waals surface area contributed by atoms with E-state index in [1.54, 1.807) is 12.2 Å². The van der Waals surface area contributed by atoms with Crippen LogP contribution in [0.25, 0.3) is 23.2 Å². The van der Waals surface area contributed by atoms with Crippen molar-refractivity contribution >= 4 is 23.2 Å². The summed E-state index contributed by atoms with van der Waals surface area (Å²) in [5.74, 6) is 0.796. The Morgan fingerprint density at radius 3 is 2.77 bits per heavy atom. The molecule has 1 N–H and O–H groups in total. The lowest BCUT2D eigenvalue weighted by molar-refractivity contribution is 1.29. The number of H-pyrrole nitrogens is 1. The molecule has 64 valence electrons. The van der Waals surface area contributed by atoms with Crippen LogP contribution in [0.1, 0.15) is 11.4 Å². The zero-order chi connectivity index (χ0) is 9.26. The van der Waals surface area contributed by atoms with Crippen molar-refractivity contribution in [2.75, 3.05) is 0 Å². The van der Waals surface area contributed by atoms with Crippen molar-refractivity contribution in [2.24, 2.45) is 0 Å². The minimum Gasteiger partial charge on any atom is -0.338 e. The van der Waals surface area contributed by atoms with Crippen molar-refractivity contribution in [1.82, 2.24) is 9.97 Å². The number of rotatable bonds is 2. The molecule has 1 heterocycles. The molecule has 0 unspecified atom stereocenters. The third-order valence-electron chi connectivity index (χ3n) is 1.98. The fraction of sp³-hybridized carbons (Fsp3) is 0. The highest BCUT2D eigenvalue weighted by Crippen LogP contribution is 2.17. The number of fused-ring (bicyclic) bond motifs is 1. The lowest BCUT2D eigenvalue weighted by atomic mass is 10.2. The van der Waals surface area contributed by atoms with Crippen molar-refractivity contribution in [1.29, 1.82) is 0 Å². The van der Waals surface area contributed by atoms with Crippen LogP contribution in [0.5, 0.6) is 0 Å². The maximum absolute atomic E-state index is 4.36. The largest absolute Gasteiger partial charge is 0.338 e. The summed E-state index contributed by atoms with van der Waals surface area (Å²) in [6, 6.07) is 5.95. The van der Waals surface area contributed by atoms with Gasteiger partial charge in [-0.2, -0.15) is 0 Å². The molecule has 2 aromatic rings. The fourth-order valence-electron chi connectivity index (χ4n) is 1.33. The molecule has 0 bridgehead atoms. The number of hydrogen-bond donors (Lipinski definition) is 1. The predicted molar refractivity (Wildman–Crippen MR) is 56.3 cm³/mol. The summed E-state index contributed by atoms with van der Waals surface area (Å²) in [5, 5.41) is 0. The standard InChI is InChI=1S/C11H10N2/c1-3-8-6-5-7-9-11(8)13-10(4-2)12-9/h3-7H,1-2H2,(H,12,13). The van der Waals surface area contributed by atoms with E-state index in [9.17, 15) is 0 Å². The van der Waals surface area contributed by atoms with Crippen molar-refractivity contribution in [3.63, 3.8) is 0 Å². The van der Waals surface area contributed by atoms with Gasteiger partial charge in [-0.1, -0.05) is 31.4 Å². The second-order valence-electron chi connectivity index (χ2n) is 2.77. The maximum Gasteiger partial charge on any atom is 0.130 e. The Morgan fingerprint density at radius 2 is 2.08 bits per heavy atom. The predicted octanol–water partition coefficient (Wildman–Crippen LogP) is 2.85. The van der Waals surface area contributed by atoms with Gasteiger partial charge in [0, 0.05) is 5.56 Å². The van der Waals surface area contributed by atoms with Crippen LogP contribution in [0.4, 0.5) is 0 Å². The van der Waals surface area contributed by atoms with Crippen LogP contribution >= 0.6 is 0 Å². The first-order valence-corrected chi connectivity index (χ1v) is 4.09. The molecule has 0 saturated carbocycles. The molecule has 2 nitrogen and oxygen atoms in total. The van der Waals surface area contributed by atoms with Crippen LogP contribution in [0.3, 0.4) is 0 Å². The van der Waals surface area contributed by atoms with E-state index in [2.05, 4.69) is 23.1 Å². The second kappa shape index (κ2) is 2.90. The molecule has 0 saturated heterocycles. The first-order chi connectivity index (χ1) is 6.35. The van der Waals surface area contributed by atoms with Gasteiger partial charge in [-0.25, -0.2) is 4.98 Å². The number of hydrogen-bond acceptors (Lipinski definition) is 1. The summed E-state index contributed by atoms with van der Waals surface area (Å²) in [7, 11) is 0. The zero-order valence-corrected chi connectivity index (χ0v) is 7.25. The molecule has 0 spiro atoms. The van der Waals surface area contributed by atoms with Crippen molar-refractivity contribution in [3.8, 4) is 0 Å². The second-order valence-corrected chi connectivity index (χ2v) is 2.77. The van der Waals surface area contributed by atoms with Gasteiger partial charge >= 0.3 is 0 Å². The molecule has 0 amide bonds. The number of aromatic nitrogens is 2. The van der Waals surface area contributed by atoms with Crippen molar-refractivity contribution < 1.29 is 0 Å². The molecule has 2 heteroatoms. The SMILES string of the molecule is C=Cc1nc2c(C=C)cccc2[nH]1. The molecule has 1 aromatic heterocycles. The molecule has 0 radical (unpaired) electrons. The van der Waals surface area contributed by atoms with Gasteiger partial charge in [0.2, 0.25) is 0 Å². The highest BCUT2D eigenvalue weighted by molar-refractivity contribution is 5.85. The molecule has 0 aliphatic carbocycles. The molecule has 0 atom stereocenters. The molecule has 2 rings (SSSR count). The molecular formula is C11H10N2. The molecule has 13 heavy (non-hydrogen) atoms. The van der Waals surface area contributed by atoms with Gasteiger partial charge in [-0.05, 0) is 12.1 Å². The number of para-hydroxylation sites is 1. The maximum atomic E-state index is 4.36. The first-order valence-electron chi connectivity index (χ1n) is 4.09. The van der Waals surface area contributed by atoms with Gasteiger partial charge in [0.15, 0.2) is 0 Å². The molecule has 0 aliphatic heterocycles. The molecule has 0 fully saturated rings. The van der Waals surface area contributed by atoms with E-state index in [0.717, 1.165) is 22.4 Å². The van der Waals surface area contributed by atoms with Gasteiger partial charge < -0.3 is 4.98 Å². The first kappa shape index (κ1) is 7.80. The van der Waals surface area contributed by atoms with Gasteiger partial charge in [0.05, 0.1) is 11.0 Å². The minimum atomic E-state index is 0.796. The summed E-state index contributed by atoms with van der Waals surface area (Å²) in [5.41, 5.74) is 3.02. The van der Waals surface area contributed by atoms with E-state index in [1.165, 1.54) is 0 Å². The van der Waals surface area contributed by atoms with E-state index >= 15 is 0 Å². The third-order valence-corrected chi connectivity index (χ3v) is 1.98. The van der Waals surface area contributed by atoms with Gasteiger partial charge in [-0.15, -0.1) is 0 Å². The number of benzene rings is 1. The Hall–Kier alpha value is -1.83. The van der Waals surface area contributed by atoms with Crippen LogP contribution in [-0.4, -0.2) is 9.97 Å². The molecule has 1 aromatic carbocycles. The summed E-state index contributed by atoms with van der Waals surface area (Å²) in [6.07, 6.45) is 3.50. The third kappa shape index (κ3) is 1.16. The average molecular weight is 170 g/mol. The summed E-state index contributed by atoms with van der Waals surface area (Å²) < 4.78 is 0. The molecular weight excluding hydrogens is 160 g/mol. The minimum absolute atomic E-state index is 0.796. The highest BCUT2D eigenvalue weighted by Gasteiger charge is 2.01. The fourth-order valence-corrected chi connectivity index (χ4v) is 1.33. The lowest BCUT2D eigenvalue weighted by Gasteiger charge is -1.91. The Labute approximate surface area is 76.6 Å². The van der Waals surface area contributed by atoms with Crippen LogP contribution in [0.2, 0.25) is 0 Å². The summed E-state index contributed by atoms with van der Waals surface area (Å²) >= 11 is 0. The smallest absolute Gasteiger partial charge is 0.130 e. The summed E-state index contributed by atoms with van der Waals surface area (Å²) in [6.45, 7) is 7.40. The average Bonchev–Trinajstić information content (AvgIpc) is 2.59. The van der Waals surface area contributed by atoms with E-state index in [-0.39, 0.29) is 0 Å². The zero-order valence-electron chi connectivity index (χ0n) is 7.25. The van der Waals surface area contributed by atoms with Gasteiger partial charge in [-0.3, -0.25) is 0 Å². The quantitative estimate of drug-likeness (QED) is 0.737. The van der Waals surface area contributed by atoms with E-state index in [4.69, 9.17) is 0 Å². The lowest BCUT2D eigenvalue weighted by Crippen LogP contribution is -1.74. The Balaban J connectivity index is 2.81. The van der Waals surface area contributed by atoms with E-state index < -0.39 is 0 Å². The normalized spacial score (nSPS) is 10.2. The number of imidazole rings is 1. The van der Waals surface area contributed by atoms with Crippen LogP contribution in [0.15, 0.2) is 31.4 Å². The van der Waals surface area contributed by atoms with Crippen molar-refractivity contribution in [3.05, 3.63) is 42.7 Å². The topological polar surface area (TPSA) is 28.7 Å². The van der Waals surface area contributed by atoms with Crippen LogP contribution in [-0.2, 0) is 0 Å².